The van der Waals surface area contributed by atoms with Crippen molar-refractivity contribution in [2.24, 2.45) is 0 Å². The molecule has 32 heavy (non-hydrogen) atoms. The molecule has 0 aromatic heterocycles. The highest BCUT2D eigenvalue weighted by atomic mass is 32.2. The van der Waals surface area contributed by atoms with Gasteiger partial charge in [-0.3, -0.25) is 9.59 Å². The summed E-state index contributed by atoms with van der Waals surface area (Å²) in [6.07, 6.45) is 7.08. The lowest BCUT2D eigenvalue weighted by Gasteiger charge is -2.32. The van der Waals surface area contributed by atoms with Gasteiger partial charge in [0.05, 0.1) is 5.75 Å². The molecule has 0 heterocycles. The van der Waals surface area contributed by atoms with Crippen molar-refractivity contribution in [2.45, 2.75) is 69.7 Å². The van der Waals surface area contributed by atoms with Gasteiger partial charge in [-0.05, 0) is 36.8 Å². The van der Waals surface area contributed by atoms with Crippen molar-refractivity contribution in [2.75, 3.05) is 12.3 Å². The van der Waals surface area contributed by atoms with Crippen molar-refractivity contribution in [3.8, 4) is 0 Å². The first-order valence-electron chi connectivity index (χ1n) is 11.9. The van der Waals surface area contributed by atoms with Gasteiger partial charge in [0.1, 0.15) is 6.04 Å². The Morgan fingerprint density at radius 2 is 1.59 bits per heavy atom. The van der Waals surface area contributed by atoms with Crippen molar-refractivity contribution < 1.29 is 9.59 Å². The minimum absolute atomic E-state index is 0.00821. The van der Waals surface area contributed by atoms with E-state index >= 15 is 0 Å². The molecule has 1 saturated carbocycles. The molecule has 0 saturated heterocycles. The second kappa shape index (κ2) is 13.3. The van der Waals surface area contributed by atoms with E-state index in [1.54, 1.807) is 11.8 Å². The summed E-state index contributed by atoms with van der Waals surface area (Å²) in [5.41, 5.74) is 2.40. The first kappa shape index (κ1) is 24.4. The molecule has 172 valence electrons. The quantitative estimate of drug-likeness (QED) is 0.509. The molecule has 0 bridgehead atoms. The maximum atomic E-state index is 13.3. The highest BCUT2D eigenvalue weighted by molar-refractivity contribution is 7.99. The fourth-order valence-corrected chi connectivity index (χ4v) is 5.22. The van der Waals surface area contributed by atoms with Gasteiger partial charge in [-0.2, -0.15) is 0 Å². The molecule has 1 fully saturated rings. The molecule has 1 atom stereocenters. The average Bonchev–Trinajstić information content (AvgIpc) is 2.83. The van der Waals surface area contributed by atoms with Crippen LogP contribution in [0.2, 0.25) is 0 Å². The Morgan fingerprint density at radius 3 is 2.22 bits per heavy atom. The van der Waals surface area contributed by atoms with Crippen LogP contribution in [-0.4, -0.2) is 41.1 Å². The normalized spacial score (nSPS) is 15.2. The molecule has 1 aliphatic carbocycles. The number of nitrogens with one attached hydrogen (secondary N) is 1. The minimum Gasteiger partial charge on any atom is -0.352 e. The number of benzene rings is 2. The zero-order chi connectivity index (χ0) is 22.6. The average molecular weight is 453 g/mol. The summed E-state index contributed by atoms with van der Waals surface area (Å²) in [7, 11) is 0. The van der Waals surface area contributed by atoms with E-state index in [2.05, 4.69) is 29.6 Å². The van der Waals surface area contributed by atoms with E-state index in [9.17, 15) is 9.59 Å². The lowest BCUT2D eigenvalue weighted by molar-refractivity contribution is -0.139. The van der Waals surface area contributed by atoms with Crippen LogP contribution in [0.25, 0.3) is 0 Å². The molecule has 3 rings (SSSR count). The Kier molecular flexibility index (Phi) is 10.1. The maximum absolute atomic E-state index is 13.3. The largest absolute Gasteiger partial charge is 0.352 e. The molecule has 2 aromatic rings. The van der Waals surface area contributed by atoms with Gasteiger partial charge in [0, 0.05) is 18.3 Å². The van der Waals surface area contributed by atoms with Crippen LogP contribution in [0, 0.1) is 0 Å². The zero-order valence-corrected chi connectivity index (χ0v) is 20.0. The summed E-state index contributed by atoms with van der Waals surface area (Å²) in [5, 5.41) is 3.25. The van der Waals surface area contributed by atoms with Gasteiger partial charge in [-0.15, -0.1) is 11.8 Å². The number of thioether (sulfide) groups is 1. The molecule has 0 unspecified atom stereocenters. The Balaban J connectivity index is 1.64. The van der Waals surface area contributed by atoms with Gasteiger partial charge in [0.15, 0.2) is 0 Å². The van der Waals surface area contributed by atoms with Gasteiger partial charge in [0.2, 0.25) is 11.8 Å². The van der Waals surface area contributed by atoms with Crippen molar-refractivity contribution >= 4 is 23.6 Å². The van der Waals surface area contributed by atoms with Crippen LogP contribution in [0.3, 0.4) is 0 Å². The van der Waals surface area contributed by atoms with Crippen LogP contribution in [0.4, 0.5) is 0 Å². The molecule has 0 radical (unpaired) electrons. The fourth-order valence-electron chi connectivity index (χ4n) is 4.35. The Labute approximate surface area is 197 Å². The lowest BCUT2D eigenvalue weighted by atomic mass is 9.95. The van der Waals surface area contributed by atoms with Crippen molar-refractivity contribution in [3.05, 3.63) is 71.8 Å². The number of rotatable bonds is 11. The Morgan fingerprint density at radius 1 is 0.969 bits per heavy atom. The molecule has 2 aromatic carbocycles. The summed E-state index contributed by atoms with van der Waals surface area (Å²) in [5.74, 6) is 1.24. The van der Waals surface area contributed by atoms with E-state index in [0.29, 0.717) is 18.7 Å². The summed E-state index contributed by atoms with van der Waals surface area (Å²) in [6, 6.07) is 20.2. The van der Waals surface area contributed by atoms with E-state index in [1.807, 2.05) is 48.2 Å². The van der Waals surface area contributed by atoms with Crippen molar-refractivity contribution in [1.82, 2.24) is 10.2 Å². The van der Waals surface area contributed by atoms with Gasteiger partial charge in [-0.25, -0.2) is 0 Å². The van der Waals surface area contributed by atoms with E-state index in [0.717, 1.165) is 25.0 Å². The molecular weight excluding hydrogens is 416 g/mol. The van der Waals surface area contributed by atoms with Gasteiger partial charge < -0.3 is 10.2 Å². The monoisotopic (exact) mass is 452 g/mol. The lowest BCUT2D eigenvalue weighted by Crippen LogP contribution is -2.52. The van der Waals surface area contributed by atoms with Crippen LogP contribution >= 0.6 is 11.8 Å². The predicted octanol–water partition coefficient (Wildman–Crippen LogP) is 5.22. The molecule has 0 aliphatic heterocycles. The number of amides is 2. The topological polar surface area (TPSA) is 49.4 Å². The molecule has 2 amide bonds. The van der Waals surface area contributed by atoms with Gasteiger partial charge >= 0.3 is 0 Å². The number of carbonyl (C=O) groups excluding carboxylic acids is 2. The van der Waals surface area contributed by atoms with Crippen LogP contribution in [-0.2, 0) is 21.8 Å². The first-order chi connectivity index (χ1) is 15.7. The molecule has 4 nitrogen and oxygen atoms in total. The van der Waals surface area contributed by atoms with E-state index in [1.165, 1.54) is 30.4 Å². The summed E-state index contributed by atoms with van der Waals surface area (Å²) in [4.78, 5) is 28.3. The van der Waals surface area contributed by atoms with Gasteiger partial charge in [-0.1, -0.05) is 86.8 Å². The van der Waals surface area contributed by atoms with E-state index in [-0.39, 0.29) is 17.9 Å². The van der Waals surface area contributed by atoms with Crippen molar-refractivity contribution in [3.63, 3.8) is 0 Å². The molecule has 1 N–H and O–H groups in total. The molecular formula is C27H36N2O2S. The highest BCUT2D eigenvalue weighted by Gasteiger charge is 2.29. The molecule has 0 spiro atoms. The van der Waals surface area contributed by atoms with Crippen molar-refractivity contribution in [1.29, 1.82) is 0 Å². The zero-order valence-electron chi connectivity index (χ0n) is 19.2. The number of hydrogen-bond acceptors (Lipinski definition) is 3. The predicted molar refractivity (Wildman–Crippen MR) is 134 cm³/mol. The SMILES string of the molecule is CC[C@@H](C(=O)NC1CCCCC1)N(CCc1ccccc1)C(=O)CSCc1ccccc1. The van der Waals surface area contributed by atoms with Crippen LogP contribution < -0.4 is 5.32 Å². The number of hydrogen-bond donors (Lipinski definition) is 1. The van der Waals surface area contributed by atoms with E-state index < -0.39 is 6.04 Å². The van der Waals surface area contributed by atoms with Gasteiger partial charge in [0.25, 0.3) is 0 Å². The Bertz CT molecular complexity index is 822. The second-order valence-corrected chi connectivity index (χ2v) is 9.55. The first-order valence-corrected chi connectivity index (χ1v) is 13.1. The summed E-state index contributed by atoms with van der Waals surface area (Å²) >= 11 is 1.62. The minimum atomic E-state index is -0.412. The summed E-state index contributed by atoms with van der Waals surface area (Å²) < 4.78 is 0. The third-order valence-electron chi connectivity index (χ3n) is 6.16. The third kappa shape index (κ3) is 7.70. The number of carbonyl (C=O) groups is 2. The van der Waals surface area contributed by atoms with Crippen LogP contribution in [0.15, 0.2) is 60.7 Å². The third-order valence-corrected chi connectivity index (χ3v) is 7.15. The summed E-state index contributed by atoms with van der Waals surface area (Å²) in [6.45, 7) is 2.57. The Hall–Kier alpha value is -2.27. The smallest absolute Gasteiger partial charge is 0.243 e. The molecule has 1 aliphatic rings. The molecule has 5 heteroatoms. The second-order valence-electron chi connectivity index (χ2n) is 8.57. The fraction of sp³-hybridized carbons (Fsp3) is 0.481. The maximum Gasteiger partial charge on any atom is 0.243 e. The number of nitrogens with zero attached hydrogens (tertiary/aromatic N) is 1. The van der Waals surface area contributed by atoms with Crippen LogP contribution in [0.5, 0.6) is 0 Å². The van der Waals surface area contributed by atoms with Crippen LogP contribution in [0.1, 0.15) is 56.6 Å². The standard InChI is InChI=1S/C27H36N2O2S/c1-2-25(27(31)28-24-16-10-5-11-17-24)29(19-18-22-12-6-3-7-13-22)26(30)21-32-20-23-14-8-4-9-15-23/h3-4,6-9,12-15,24-25H,2,5,10-11,16-21H2,1H3,(H,28,31)/t25-/m0/s1. The van der Waals surface area contributed by atoms with E-state index in [4.69, 9.17) is 0 Å². The highest BCUT2D eigenvalue weighted by Crippen LogP contribution is 2.19.